The van der Waals surface area contributed by atoms with Gasteiger partial charge in [0.2, 0.25) is 0 Å². The number of rotatable bonds is 3. The van der Waals surface area contributed by atoms with E-state index < -0.39 is 11.9 Å². The van der Waals surface area contributed by atoms with Crippen LogP contribution in [-0.2, 0) is 11.3 Å². The van der Waals surface area contributed by atoms with Crippen LogP contribution in [0.1, 0.15) is 18.4 Å². The van der Waals surface area contributed by atoms with E-state index in [2.05, 4.69) is 15.9 Å². The third-order valence-corrected chi connectivity index (χ3v) is 4.17. The van der Waals surface area contributed by atoms with Gasteiger partial charge < -0.3 is 14.9 Å². The molecule has 2 rings (SSSR count). The molecule has 1 N–H and O–H groups in total. The van der Waals surface area contributed by atoms with Gasteiger partial charge in [-0.15, -0.1) is 0 Å². The minimum atomic E-state index is -0.817. The summed E-state index contributed by atoms with van der Waals surface area (Å²) < 4.78 is 0.977. The maximum absolute atomic E-state index is 12.4. The van der Waals surface area contributed by atoms with Crippen LogP contribution in [0.3, 0.4) is 0 Å². The molecular formula is C15H19BrN2O3. The molecule has 1 aromatic carbocycles. The molecule has 1 aliphatic heterocycles. The first-order valence-corrected chi connectivity index (χ1v) is 7.74. The fraction of sp³-hybridized carbons (Fsp3) is 0.467. The first-order valence-electron chi connectivity index (χ1n) is 6.94. The molecule has 6 heteroatoms. The van der Waals surface area contributed by atoms with Gasteiger partial charge in [-0.25, -0.2) is 4.79 Å². The van der Waals surface area contributed by atoms with Crippen molar-refractivity contribution in [3.8, 4) is 0 Å². The van der Waals surface area contributed by atoms with Gasteiger partial charge in [0.25, 0.3) is 0 Å². The van der Waals surface area contributed by atoms with Crippen molar-refractivity contribution in [3.63, 3.8) is 0 Å². The van der Waals surface area contributed by atoms with E-state index in [9.17, 15) is 9.59 Å². The summed E-state index contributed by atoms with van der Waals surface area (Å²) in [6.07, 6.45) is 1.39. The lowest BCUT2D eigenvalue weighted by Crippen LogP contribution is -2.47. The Bertz CT molecular complexity index is 535. The molecule has 0 bridgehead atoms. The van der Waals surface area contributed by atoms with Crippen LogP contribution in [0.5, 0.6) is 0 Å². The number of benzene rings is 1. The number of carbonyl (C=O) groups excluding carboxylic acids is 1. The predicted octanol–water partition coefficient (Wildman–Crippen LogP) is 2.80. The van der Waals surface area contributed by atoms with Crippen LogP contribution >= 0.6 is 15.9 Å². The summed E-state index contributed by atoms with van der Waals surface area (Å²) in [6.45, 7) is 1.44. The fourth-order valence-corrected chi connectivity index (χ4v) is 3.02. The minimum Gasteiger partial charge on any atom is -0.481 e. The first kappa shape index (κ1) is 15.8. The Hall–Kier alpha value is -1.56. The van der Waals surface area contributed by atoms with Gasteiger partial charge in [0.1, 0.15) is 0 Å². The topological polar surface area (TPSA) is 60.9 Å². The van der Waals surface area contributed by atoms with E-state index in [0.29, 0.717) is 26.1 Å². The SMILES string of the molecule is CN(Cc1cccc(Br)c1)C(=O)N1CCC[C@@H](C(=O)O)C1. The highest BCUT2D eigenvalue weighted by molar-refractivity contribution is 9.10. The quantitative estimate of drug-likeness (QED) is 0.907. The molecular weight excluding hydrogens is 336 g/mol. The lowest BCUT2D eigenvalue weighted by Gasteiger charge is -2.33. The average Bonchev–Trinajstić information content (AvgIpc) is 2.46. The summed E-state index contributed by atoms with van der Waals surface area (Å²) in [4.78, 5) is 26.7. The van der Waals surface area contributed by atoms with Crippen molar-refractivity contribution in [1.29, 1.82) is 0 Å². The zero-order valence-corrected chi connectivity index (χ0v) is 13.5. The van der Waals surface area contributed by atoms with Gasteiger partial charge in [-0.05, 0) is 30.5 Å². The maximum Gasteiger partial charge on any atom is 0.320 e. The summed E-state index contributed by atoms with van der Waals surface area (Å²) in [5.74, 6) is -1.26. The lowest BCUT2D eigenvalue weighted by atomic mass is 9.99. The number of aliphatic carboxylic acids is 1. The summed E-state index contributed by atoms with van der Waals surface area (Å²) in [5, 5.41) is 9.09. The van der Waals surface area contributed by atoms with Gasteiger partial charge >= 0.3 is 12.0 Å². The van der Waals surface area contributed by atoms with Crippen LogP contribution in [0, 0.1) is 5.92 Å². The summed E-state index contributed by atoms with van der Waals surface area (Å²) in [7, 11) is 1.74. The van der Waals surface area contributed by atoms with Gasteiger partial charge in [0, 0.05) is 31.2 Å². The molecule has 2 amide bonds. The van der Waals surface area contributed by atoms with E-state index in [-0.39, 0.29) is 6.03 Å². The van der Waals surface area contributed by atoms with Crippen molar-refractivity contribution in [2.75, 3.05) is 20.1 Å². The fourth-order valence-electron chi connectivity index (χ4n) is 2.57. The van der Waals surface area contributed by atoms with E-state index in [0.717, 1.165) is 16.5 Å². The van der Waals surface area contributed by atoms with Crippen molar-refractivity contribution in [3.05, 3.63) is 34.3 Å². The third-order valence-electron chi connectivity index (χ3n) is 3.68. The molecule has 0 unspecified atom stereocenters. The summed E-state index contributed by atoms with van der Waals surface area (Å²) >= 11 is 3.41. The molecule has 1 aliphatic rings. The molecule has 1 heterocycles. The van der Waals surface area contributed by atoms with Crippen LogP contribution in [0.15, 0.2) is 28.7 Å². The monoisotopic (exact) mass is 354 g/mol. The van der Waals surface area contributed by atoms with Gasteiger partial charge in [-0.2, -0.15) is 0 Å². The van der Waals surface area contributed by atoms with Crippen LogP contribution in [0.2, 0.25) is 0 Å². The number of amides is 2. The number of carboxylic acids is 1. The van der Waals surface area contributed by atoms with Gasteiger partial charge in [-0.3, -0.25) is 4.79 Å². The highest BCUT2D eigenvalue weighted by Crippen LogP contribution is 2.19. The predicted molar refractivity (Wildman–Crippen MR) is 82.9 cm³/mol. The summed E-state index contributed by atoms with van der Waals surface area (Å²) in [5.41, 5.74) is 1.03. The molecule has 114 valence electrons. The highest BCUT2D eigenvalue weighted by atomic mass is 79.9. The molecule has 0 radical (unpaired) electrons. The Balaban J connectivity index is 1.97. The first-order chi connectivity index (χ1) is 9.97. The Morgan fingerprint density at radius 3 is 2.90 bits per heavy atom. The molecule has 0 saturated carbocycles. The van der Waals surface area contributed by atoms with Crippen LogP contribution in [-0.4, -0.2) is 47.0 Å². The number of hydrogen-bond donors (Lipinski definition) is 1. The number of halogens is 1. The Morgan fingerprint density at radius 1 is 1.48 bits per heavy atom. The molecule has 1 aromatic rings. The second-order valence-electron chi connectivity index (χ2n) is 5.39. The number of carbonyl (C=O) groups is 2. The number of hydrogen-bond acceptors (Lipinski definition) is 2. The molecule has 1 saturated heterocycles. The number of nitrogens with zero attached hydrogens (tertiary/aromatic N) is 2. The molecule has 21 heavy (non-hydrogen) atoms. The maximum atomic E-state index is 12.4. The average molecular weight is 355 g/mol. The normalized spacial score (nSPS) is 18.4. The second-order valence-corrected chi connectivity index (χ2v) is 6.31. The minimum absolute atomic E-state index is 0.110. The van der Waals surface area contributed by atoms with Gasteiger partial charge in [0.05, 0.1) is 5.92 Å². The highest BCUT2D eigenvalue weighted by Gasteiger charge is 2.29. The van der Waals surface area contributed by atoms with Gasteiger partial charge in [-0.1, -0.05) is 28.1 Å². The Labute approximate surface area is 132 Å². The van der Waals surface area contributed by atoms with E-state index >= 15 is 0 Å². The molecule has 0 spiro atoms. The second kappa shape index (κ2) is 6.93. The number of likely N-dealkylation sites (tertiary alicyclic amines) is 1. The standard InChI is InChI=1S/C15H19BrN2O3/c1-17(9-11-4-2-6-13(16)8-11)15(21)18-7-3-5-12(10-18)14(19)20/h2,4,6,8,12H,3,5,7,9-10H2,1H3,(H,19,20)/t12-/m1/s1. The molecule has 5 nitrogen and oxygen atoms in total. The van der Waals surface area contributed by atoms with E-state index in [1.165, 1.54) is 0 Å². The van der Waals surface area contributed by atoms with Crippen LogP contribution < -0.4 is 0 Å². The van der Waals surface area contributed by atoms with Gasteiger partial charge in [0.15, 0.2) is 0 Å². The van der Waals surface area contributed by atoms with E-state index in [4.69, 9.17) is 5.11 Å². The zero-order valence-electron chi connectivity index (χ0n) is 12.0. The Morgan fingerprint density at radius 2 is 2.24 bits per heavy atom. The molecule has 1 atom stereocenters. The zero-order chi connectivity index (χ0) is 15.4. The van der Waals surface area contributed by atoms with Crippen molar-refractivity contribution in [2.24, 2.45) is 5.92 Å². The molecule has 1 fully saturated rings. The van der Waals surface area contributed by atoms with Crippen molar-refractivity contribution >= 4 is 27.9 Å². The molecule has 0 aromatic heterocycles. The lowest BCUT2D eigenvalue weighted by molar-refractivity contribution is -0.143. The number of piperidine rings is 1. The van der Waals surface area contributed by atoms with Crippen LogP contribution in [0.25, 0.3) is 0 Å². The largest absolute Gasteiger partial charge is 0.481 e. The van der Waals surface area contributed by atoms with E-state index in [1.54, 1.807) is 16.8 Å². The van der Waals surface area contributed by atoms with Crippen molar-refractivity contribution in [2.45, 2.75) is 19.4 Å². The van der Waals surface area contributed by atoms with Crippen LogP contribution in [0.4, 0.5) is 4.79 Å². The Kier molecular flexibility index (Phi) is 5.22. The molecule has 0 aliphatic carbocycles. The van der Waals surface area contributed by atoms with Crippen molar-refractivity contribution < 1.29 is 14.7 Å². The van der Waals surface area contributed by atoms with Crippen molar-refractivity contribution in [1.82, 2.24) is 9.80 Å². The summed E-state index contributed by atoms with van der Waals surface area (Å²) in [6, 6.07) is 7.69. The third kappa shape index (κ3) is 4.20. The van der Waals surface area contributed by atoms with E-state index in [1.807, 2.05) is 24.3 Å². The smallest absolute Gasteiger partial charge is 0.320 e. The number of carboxylic acid groups (broad SMARTS) is 1. The number of urea groups is 1.